The lowest BCUT2D eigenvalue weighted by Crippen LogP contribution is -2.16. The van der Waals surface area contributed by atoms with Crippen molar-refractivity contribution in [2.24, 2.45) is 0 Å². The van der Waals surface area contributed by atoms with Crippen LogP contribution in [-0.2, 0) is 16.0 Å². The number of unbranched alkanes of at least 4 members (excludes halogenated alkanes) is 1. The maximum Gasteiger partial charge on any atom is 0.252 e. The van der Waals surface area contributed by atoms with Crippen molar-refractivity contribution in [2.75, 3.05) is 19.0 Å². The van der Waals surface area contributed by atoms with E-state index in [1.807, 2.05) is 0 Å². The predicted molar refractivity (Wildman–Crippen MR) is 59.0 cm³/mol. The number of ether oxygens (including phenoxy) is 1. The molecule has 0 aliphatic carbocycles. The largest absolute Gasteiger partial charge is 0.375 e. The maximum atomic E-state index is 11.1. The first-order valence-electron chi connectivity index (χ1n) is 4.87. The summed E-state index contributed by atoms with van der Waals surface area (Å²) in [5.74, 6) is -0.198. The van der Waals surface area contributed by atoms with Crippen molar-refractivity contribution in [3.63, 3.8) is 0 Å². The fourth-order valence-electron chi connectivity index (χ4n) is 1.02. The molecule has 0 saturated carbocycles. The van der Waals surface area contributed by atoms with Crippen molar-refractivity contribution in [1.82, 2.24) is 10.2 Å². The molecule has 0 aliphatic heterocycles. The summed E-state index contributed by atoms with van der Waals surface area (Å²) in [6, 6.07) is 0. The molecule has 1 aromatic rings. The summed E-state index contributed by atoms with van der Waals surface area (Å²) in [5.41, 5.74) is 0. The maximum absolute atomic E-state index is 11.1. The van der Waals surface area contributed by atoms with Crippen LogP contribution in [0.3, 0.4) is 0 Å². The van der Waals surface area contributed by atoms with Gasteiger partial charge >= 0.3 is 0 Å². The SMILES string of the molecule is CCCCc1nnc(NC(=O)COC)s1. The third-order valence-corrected chi connectivity index (χ3v) is 2.63. The highest BCUT2D eigenvalue weighted by molar-refractivity contribution is 7.15. The van der Waals surface area contributed by atoms with Crippen LogP contribution in [-0.4, -0.2) is 29.8 Å². The number of methoxy groups -OCH3 is 1. The summed E-state index contributed by atoms with van der Waals surface area (Å²) < 4.78 is 4.69. The zero-order chi connectivity index (χ0) is 11.1. The Hall–Kier alpha value is -1.01. The Balaban J connectivity index is 2.42. The Morgan fingerprint density at radius 1 is 1.53 bits per heavy atom. The summed E-state index contributed by atoms with van der Waals surface area (Å²) in [7, 11) is 1.48. The molecule has 84 valence electrons. The number of rotatable bonds is 6. The number of aromatic nitrogens is 2. The van der Waals surface area contributed by atoms with Crippen molar-refractivity contribution >= 4 is 22.4 Å². The second kappa shape index (κ2) is 6.47. The number of anilines is 1. The smallest absolute Gasteiger partial charge is 0.252 e. The number of nitrogens with one attached hydrogen (secondary N) is 1. The molecule has 1 rings (SSSR count). The number of carbonyl (C=O) groups excluding carboxylic acids is 1. The third-order valence-electron chi connectivity index (χ3n) is 1.73. The third kappa shape index (κ3) is 4.35. The van der Waals surface area contributed by atoms with Crippen LogP contribution in [0.1, 0.15) is 24.8 Å². The highest BCUT2D eigenvalue weighted by Crippen LogP contribution is 2.16. The molecular weight excluding hydrogens is 214 g/mol. The van der Waals surface area contributed by atoms with Crippen LogP contribution in [0.15, 0.2) is 0 Å². The Bertz CT molecular complexity index is 314. The van der Waals surface area contributed by atoms with Crippen LogP contribution in [0, 0.1) is 0 Å². The number of amides is 1. The average molecular weight is 229 g/mol. The Kier molecular flexibility index (Phi) is 5.20. The van der Waals surface area contributed by atoms with Gasteiger partial charge in [-0.25, -0.2) is 0 Å². The summed E-state index contributed by atoms with van der Waals surface area (Å²) >= 11 is 1.42. The van der Waals surface area contributed by atoms with E-state index in [9.17, 15) is 4.79 Å². The van der Waals surface area contributed by atoms with E-state index in [0.717, 1.165) is 24.3 Å². The van der Waals surface area contributed by atoms with Gasteiger partial charge in [-0.3, -0.25) is 10.1 Å². The summed E-state index contributed by atoms with van der Waals surface area (Å²) in [6.45, 7) is 2.17. The van der Waals surface area contributed by atoms with Gasteiger partial charge in [0.25, 0.3) is 5.91 Å². The van der Waals surface area contributed by atoms with Gasteiger partial charge in [-0.15, -0.1) is 10.2 Å². The molecule has 0 spiro atoms. The first-order valence-corrected chi connectivity index (χ1v) is 5.69. The molecule has 1 amide bonds. The van der Waals surface area contributed by atoms with Crippen LogP contribution in [0.2, 0.25) is 0 Å². The fourth-order valence-corrected chi connectivity index (χ4v) is 1.82. The van der Waals surface area contributed by atoms with Gasteiger partial charge in [0.1, 0.15) is 11.6 Å². The van der Waals surface area contributed by atoms with Crippen molar-refractivity contribution in [2.45, 2.75) is 26.2 Å². The van der Waals surface area contributed by atoms with E-state index in [4.69, 9.17) is 4.74 Å². The van der Waals surface area contributed by atoms with Crippen LogP contribution in [0.5, 0.6) is 0 Å². The first kappa shape index (κ1) is 12.1. The molecule has 1 N–H and O–H groups in total. The number of aryl methyl sites for hydroxylation is 1. The number of hydrogen-bond donors (Lipinski definition) is 1. The van der Waals surface area contributed by atoms with E-state index in [0.29, 0.717) is 5.13 Å². The highest BCUT2D eigenvalue weighted by Gasteiger charge is 2.07. The van der Waals surface area contributed by atoms with E-state index in [-0.39, 0.29) is 12.5 Å². The summed E-state index contributed by atoms with van der Waals surface area (Å²) in [4.78, 5) is 11.1. The zero-order valence-corrected chi connectivity index (χ0v) is 9.76. The lowest BCUT2D eigenvalue weighted by molar-refractivity contribution is -0.119. The molecule has 0 radical (unpaired) electrons. The van der Waals surface area contributed by atoms with Crippen molar-refractivity contribution in [3.8, 4) is 0 Å². The number of hydrogen-bond acceptors (Lipinski definition) is 5. The molecular formula is C9H15N3O2S. The summed E-state index contributed by atoms with van der Waals surface area (Å²) in [5, 5.41) is 12.0. The lowest BCUT2D eigenvalue weighted by Gasteiger charge is -1.97. The number of nitrogens with zero attached hydrogens (tertiary/aromatic N) is 2. The molecule has 0 saturated heterocycles. The van der Waals surface area contributed by atoms with Crippen LogP contribution < -0.4 is 5.32 Å². The molecule has 1 aromatic heterocycles. The standard InChI is InChI=1S/C9H15N3O2S/c1-3-4-5-8-11-12-9(15-8)10-7(13)6-14-2/h3-6H2,1-2H3,(H,10,12,13). The molecule has 0 unspecified atom stereocenters. The molecule has 1 heterocycles. The molecule has 0 aromatic carbocycles. The van der Waals surface area contributed by atoms with E-state index in [2.05, 4.69) is 22.4 Å². The Morgan fingerprint density at radius 3 is 3.00 bits per heavy atom. The van der Waals surface area contributed by atoms with Gasteiger partial charge in [0.2, 0.25) is 5.13 Å². The van der Waals surface area contributed by atoms with E-state index >= 15 is 0 Å². The van der Waals surface area contributed by atoms with Gasteiger partial charge in [-0.1, -0.05) is 24.7 Å². The van der Waals surface area contributed by atoms with Gasteiger partial charge in [-0.2, -0.15) is 0 Å². The minimum atomic E-state index is -0.198. The minimum Gasteiger partial charge on any atom is -0.375 e. The average Bonchev–Trinajstić information content (AvgIpc) is 2.63. The van der Waals surface area contributed by atoms with Crippen LogP contribution in [0.25, 0.3) is 0 Å². The highest BCUT2D eigenvalue weighted by atomic mass is 32.1. The molecule has 5 nitrogen and oxygen atoms in total. The molecule has 0 atom stereocenters. The molecule has 0 bridgehead atoms. The van der Waals surface area contributed by atoms with Gasteiger partial charge < -0.3 is 4.74 Å². The van der Waals surface area contributed by atoms with Crippen molar-refractivity contribution < 1.29 is 9.53 Å². The van der Waals surface area contributed by atoms with Crippen LogP contribution >= 0.6 is 11.3 Å². The van der Waals surface area contributed by atoms with Crippen molar-refractivity contribution in [3.05, 3.63) is 5.01 Å². The van der Waals surface area contributed by atoms with E-state index < -0.39 is 0 Å². The zero-order valence-electron chi connectivity index (χ0n) is 8.95. The first-order chi connectivity index (χ1) is 7.26. The summed E-state index contributed by atoms with van der Waals surface area (Å²) in [6.07, 6.45) is 3.15. The van der Waals surface area contributed by atoms with Gasteiger partial charge in [0.05, 0.1) is 0 Å². The van der Waals surface area contributed by atoms with Crippen molar-refractivity contribution in [1.29, 1.82) is 0 Å². The van der Waals surface area contributed by atoms with E-state index in [1.54, 1.807) is 0 Å². The number of carbonyl (C=O) groups is 1. The topological polar surface area (TPSA) is 64.1 Å². The monoisotopic (exact) mass is 229 g/mol. The normalized spacial score (nSPS) is 10.3. The van der Waals surface area contributed by atoms with E-state index in [1.165, 1.54) is 18.4 Å². The second-order valence-corrected chi connectivity index (χ2v) is 4.15. The molecule has 15 heavy (non-hydrogen) atoms. The molecule has 0 aliphatic rings. The molecule has 0 fully saturated rings. The predicted octanol–water partition coefficient (Wildman–Crippen LogP) is 1.47. The quantitative estimate of drug-likeness (QED) is 0.802. The van der Waals surface area contributed by atoms with Gasteiger partial charge in [-0.05, 0) is 6.42 Å². The minimum absolute atomic E-state index is 0.0455. The lowest BCUT2D eigenvalue weighted by atomic mass is 10.3. The molecule has 6 heteroatoms. The Labute approximate surface area is 92.9 Å². The second-order valence-electron chi connectivity index (χ2n) is 3.09. The van der Waals surface area contributed by atoms with Gasteiger partial charge in [0, 0.05) is 13.5 Å². The van der Waals surface area contributed by atoms with Gasteiger partial charge in [0.15, 0.2) is 0 Å². The van der Waals surface area contributed by atoms with Crippen LogP contribution in [0.4, 0.5) is 5.13 Å². The Morgan fingerprint density at radius 2 is 2.33 bits per heavy atom. The fraction of sp³-hybridized carbons (Fsp3) is 0.667.